The second kappa shape index (κ2) is 8.12. The van der Waals surface area contributed by atoms with Gasteiger partial charge in [0, 0.05) is 6.04 Å². The van der Waals surface area contributed by atoms with Gasteiger partial charge in [-0.15, -0.1) is 10.2 Å². The van der Waals surface area contributed by atoms with Crippen LogP contribution in [0.2, 0.25) is 0 Å². The number of carbonyl (C=O) groups excluding carboxylic acids is 1. The maximum absolute atomic E-state index is 13.4. The number of rotatable bonds is 7. The number of nitrogen functional groups attached to an aromatic ring is 1. The van der Waals surface area contributed by atoms with Gasteiger partial charge in [-0.2, -0.15) is 0 Å². The fourth-order valence-electron chi connectivity index (χ4n) is 2.89. The van der Waals surface area contributed by atoms with Gasteiger partial charge in [0.25, 0.3) is 0 Å². The number of para-hydroxylation sites is 1. The topological polar surface area (TPSA) is 95.1 Å². The highest BCUT2D eigenvalue weighted by molar-refractivity contribution is 8.00. The number of ether oxygens (including phenoxy) is 1. The van der Waals surface area contributed by atoms with E-state index in [1.54, 1.807) is 25.3 Å². The van der Waals surface area contributed by atoms with Crippen LogP contribution in [0.3, 0.4) is 0 Å². The number of halogens is 1. The minimum atomic E-state index is -0.631. The first-order valence-corrected chi connectivity index (χ1v) is 10.0. The number of nitrogens with zero attached hydrogens (tertiary/aromatic N) is 3. The van der Waals surface area contributed by atoms with E-state index in [2.05, 4.69) is 15.5 Å². The van der Waals surface area contributed by atoms with E-state index in [0.717, 1.165) is 12.8 Å². The molecule has 0 saturated heterocycles. The summed E-state index contributed by atoms with van der Waals surface area (Å²) in [6.07, 6.45) is 1.94. The number of methoxy groups -OCH3 is 1. The maximum atomic E-state index is 13.4. The van der Waals surface area contributed by atoms with Crippen molar-refractivity contribution in [2.24, 2.45) is 0 Å². The van der Waals surface area contributed by atoms with E-state index in [1.165, 1.54) is 28.6 Å². The van der Waals surface area contributed by atoms with E-state index >= 15 is 0 Å². The number of hydrogen-bond donors (Lipinski definition) is 2. The number of aromatic nitrogens is 3. The van der Waals surface area contributed by atoms with Crippen LogP contribution in [-0.2, 0) is 4.79 Å². The molecular weight excluding hydrogens is 393 g/mol. The normalized spacial score (nSPS) is 14.4. The zero-order chi connectivity index (χ0) is 20.4. The summed E-state index contributed by atoms with van der Waals surface area (Å²) >= 11 is 1.17. The molecule has 1 unspecified atom stereocenters. The van der Waals surface area contributed by atoms with Gasteiger partial charge in [-0.25, -0.2) is 9.07 Å². The lowest BCUT2D eigenvalue weighted by Crippen LogP contribution is -2.30. The van der Waals surface area contributed by atoms with Gasteiger partial charge in [-0.3, -0.25) is 4.79 Å². The average Bonchev–Trinajstić information content (AvgIpc) is 3.48. The number of amides is 1. The molecule has 1 amide bonds. The predicted octanol–water partition coefficient (Wildman–Crippen LogP) is 2.92. The van der Waals surface area contributed by atoms with E-state index < -0.39 is 5.25 Å². The molecule has 29 heavy (non-hydrogen) atoms. The Bertz CT molecular complexity index is 1020. The molecule has 0 radical (unpaired) electrons. The molecule has 1 aromatic heterocycles. The molecule has 1 aliphatic rings. The minimum absolute atomic E-state index is 0.161. The molecule has 150 valence electrons. The Hall–Kier alpha value is -3.07. The monoisotopic (exact) mass is 413 g/mol. The van der Waals surface area contributed by atoms with Gasteiger partial charge in [0.15, 0.2) is 5.82 Å². The number of nitrogens with one attached hydrogen (secondary N) is 1. The molecule has 9 heteroatoms. The van der Waals surface area contributed by atoms with Crippen molar-refractivity contribution in [2.75, 3.05) is 13.0 Å². The second-order valence-corrected chi connectivity index (χ2v) is 7.78. The Morgan fingerprint density at radius 1 is 1.24 bits per heavy atom. The van der Waals surface area contributed by atoms with Gasteiger partial charge >= 0.3 is 0 Å². The molecule has 1 aliphatic carbocycles. The van der Waals surface area contributed by atoms with Gasteiger partial charge in [0.1, 0.15) is 16.8 Å². The van der Waals surface area contributed by atoms with E-state index in [-0.39, 0.29) is 17.8 Å². The number of benzene rings is 2. The van der Waals surface area contributed by atoms with Crippen molar-refractivity contribution in [2.45, 2.75) is 29.3 Å². The number of carbonyl (C=O) groups is 1. The summed E-state index contributed by atoms with van der Waals surface area (Å²) in [5, 5.41) is 11.1. The van der Waals surface area contributed by atoms with Crippen LogP contribution in [0.4, 0.5) is 4.39 Å². The Morgan fingerprint density at radius 2 is 1.97 bits per heavy atom. The van der Waals surface area contributed by atoms with E-state index in [9.17, 15) is 9.18 Å². The third-order valence-corrected chi connectivity index (χ3v) is 5.78. The first-order chi connectivity index (χ1) is 14.1. The molecule has 0 spiro atoms. The van der Waals surface area contributed by atoms with Crippen LogP contribution in [-0.4, -0.2) is 33.9 Å². The number of nitrogens with two attached hydrogens (primary N) is 1. The lowest BCUT2D eigenvalue weighted by Gasteiger charge is -2.16. The Morgan fingerprint density at radius 3 is 2.66 bits per heavy atom. The van der Waals surface area contributed by atoms with Crippen molar-refractivity contribution in [1.82, 2.24) is 20.2 Å². The Balaban J connectivity index is 1.64. The third-order valence-electron chi connectivity index (χ3n) is 4.57. The van der Waals surface area contributed by atoms with Gasteiger partial charge in [0.05, 0.1) is 12.7 Å². The standard InChI is InChI=1S/C20H20FN5O2S/c1-28-16-5-3-2-4-15(16)18-24-25-20(26(18)22)29-17(19(27)23-14-10-11-14)12-6-8-13(21)9-7-12/h2-9,14,17H,10-11,22H2,1H3,(H,23,27). The average molecular weight is 413 g/mol. The van der Waals surface area contributed by atoms with Gasteiger partial charge in [-0.1, -0.05) is 36.0 Å². The molecule has 0 aliphatic heterocycles. The van der Waals surface area contributed by atoms with E-state index in [0.29, 0.717) is 27.9 Å². The highest BCUT2D eigenvalue weighted by Gasteiger charge is 2.31. The quantitative estimate of drug-likeness (QED) is 0.457. The first kappa shape index (κ1) is 19.3. The van der Waals surface area contributed by atoms with Gasteiger partial charge in [0.2, 0.25) is 11.1 Å². The highest BCUT2D eigenvalue weighted by Crippen LogP contribution is 2.37. The molecule has 2 aromatic carbocycles. The van der Waals surface area contributed by atoms with Crippen molar-refractivity contribution in [3.05, 3.63) is 59.9 Å². The summed E-state index contributed by atoms with van der Waals surface area (Å²) in [5.41, 5.74) is 1.36. The zero-order valence-electron chi connectivity index (χ0n) is 15.7. The van der Waals surface area contributed by atoms with Crippen molar-refractivity contribution in [1.29, 1.82) is 0 Å². The van der Waals surface area contributed by atoms with Crippen molar-refractivity contribution in [3.8, 4) is 17.1 Å². The molecule has 1 atom stereocenters. The van der Waals surface area contributed by atoms with Crippen LogP contribution in [0.5, 0.6) is 5.75 Å². The van der Waals surface area contributed by atoms with Crippen LogP contribution in [0.25, 0.3) is 11.4 Å². The smallest absolute Gasteiger partial charge is 0.238 e. The van der Waals surface area contributed by atoms with Gasteiger partial charge < -0.3 is 15.9 Å². The number of thioether (sulfide) groups is 1. The van der Waals surface area contributed by atoms with Crippen LogP contribution < -0.4 is 15.9 Å². The van der Waals surface area contributed by atoms with Crippen LogP contribution in [0.1, 0.15) is 23.7 Å². The first-order valence-electron chi connectivity index (χ1n) is 9.13. The van der Waals surface area contributed by atoms with Crippen molar-refractivity contribution < 1.29 is 13.9 Å². The van der Waals surface area contributed by atoms with E-state index in [4.69, 9.17) is 10.6 Å². The summed E-state index contributed by atoms with van der Waals surface area (Å²) in [5.74, 6) is 6.76. The van der Waals surface area contributed by atoms with Gasteiger partial charge in [-0.05, 0) is 42.7 Å². The summed E-state index contributed by atoms with van der Waals surface area (Å²) in [7, 11) is 1.57. The molecule has 7 nitrogen and oxygen atoms in total. The van der Waals surface area contributed by atoms with Crippen molar-refractivity contribution in [3.63, 3.8) is 0 Å². The zero-order valence-corrected chi connectivity index (χ0v) is 16.5. The summed E-state index contributed by atoms with van der Waals surface area (Å²) < 4.78 is 20.1. The molecule has 1 heterocycles. The molecule has 3 aromatic rings. The Kier molecular flexibility index (Phi) is 5.39. The van der Waals surface area contributed by atoms with E-state index in [1.807, 2.05) is 18.2 Å². The largest absolute Gasteiger partial charge is 0.496 e. The van der Waals surface area contributed by atoms with Crippen LogP contribution >= 0.6 is 11.8 Å². The van der Waals surface area contributed by atoms with Crippen LogP contribution in [0.15, 0.2) is 53.7 Å². The van der Waals surface area contributed by atoms with Crippen LogP contribution in [0, 0.1) is 5.82 Å². The molecule has 3 N–H and O–H groups in total. The minimum Gasteiger partial charge on any atom is -0.496 e. The number of hydrogen-bond acceptors (Lipinski definition) is 6. The third kappa shape index (κ3) is 4.19. The fourth-order valence-corrected chi connectivity index (χ4v) is 3.86. The predicted molar refractivity (Wildman–Crippen MR) is 108 cm³/mol. The molecule has 0 bridgehead atoms. The molecular formula is C20H20FN5O2S. The lowest BCUT2D eigenvalue weighted by atomic mass is 10.1. The SMILES string of the molecule is COc1ccccc1-c1nnc(SC(C(=O)NC2CC2)c2ccc(F)cc2)n1N. The fraction of sp³-hybridized carbons (Fsp3) is 0.250. The summed E-state index contributed by atoms with van der Waals surface area (Å²) in [6.45, 7) is 0. The summed E-state index contributed by atoms with van der Waals surface area (Å²) in [6, 6.07) is 13.4. The second-order valence-electron chi connectivity index (χ2n) is 6.71. The highest BCUT2D eigenvalue weighted by atomic mass is 32.2. The molecule has 1 fully saturated rings. The lowest BCUT2D eigenvalue weighted by molar-refractivity contribution is -0.120. The summed E-state index contributed by atoms with van der Waals surface area (Å²) in [4.78, 5) is 12.8. The molecule has 1 saturated carbocycles. The Labute approximate surface area is 171 Å². The molecule has 4 rings (SSSR count). The maximum Gasteiger partial charge on any atom is 0.238 e. The van der Waals surface area contributed by atoms with Crippen molar-refractivity contribution >= 4 is 17.7 Å².